The summed E-state index contributed by atoms with van der Waals surface area (Å²) >= 11 is 3.40. The van der Waals surface area contributed by atoms with Crippen LogP contribution in [0.15, 0.2) is 34.8 Å². The zero-order valence-corrected chi connectivity index (χ0v) is 16.6. The number of likely N-dealkylation sites (tertiary alicyclic amines) is 1. The summed E-state index contributed by atoms with van der Waals surface area (Å²) in [5.74, 6) is 0.963. The van der Waals surface area contributed by atoms with E-state index in [1.54, 1.807) is 0 Å². The highest BCUT2D eigenvalue weighted by atomic mass is 79.9. The summed E-state index contributed by atoms with van der Waals surface area (Å²) in [6.45, 7) is 2.09. The second kappa shape index (κ2) is 6.03. The molecule has 0 radical (unpaired) electrons. The van der Waals surface area contributed by atoms with E-state index in [1.165, 1.54) is 4.90 Å². The van der Waals surface area contributed by atoms with Gasteiger partial charge in [-0.3, -0.25) is 19.3 Å². The molecule has 5 aliphatic rings. The first kappa shape index (κ1) is 17.2. The number of aryl methyl sites for hydroxylation is 1. The molecule has 27 heavy (non-hydrogen) atoms. The van der Waals surface area contributed by atoms with Crippen LogP contribution in [0.25, 0.3) is 0 Å². The second-order valence-electron chi connectivity index (χ2n) is 8.24. The molecule has 1 heterocycles. The summed E-state index contributed by atoms with van der Waals surface area (Å²) in [6, 6.07) is 5.64. The van der Waals surface area contributed by atoms with Crippen molar-refractivity contribution in [3.8, 4) is 0 Å². The third kappa shape index (κ3) is 2.60. The number of rotatable bonds is 4. The van der Waals surface area contributed by atoms with Crippen LogP contribution >= 0.6 is 15.9 Å². The fourth-order valence-corrected chi connectivity index (χ4v) is 5.91. The summed E-state index contributed by atoms with van der Waals surface area (Å²) in [6.07, 6.45) is 5.61. The SMILES string of the molecule is Cc1cc(Br)ccc1NC(=O)CCN1C(=O)[C@H]2[C@@H]3C=C[C@H]([C@H]4C[C@H]34)[C@@H]2C1=O. The Morgan fingerprint density at radius 1 is 1.15 bits per heavy atom. The van der Waals surface area contributed by atoms with Crippen molar-refractivity contribution < 1.29 is 14.4 Å². The van der Waals surface area contributed by atoms with Gasteiger partial charge in [-0.25, -0.2) is 0 Å². The van der Waals surface area contributed by atoms with E-state index in [-0.39, 0.29) is 54.4 Å². The lowest BCUT2D eigenvalue weighted by Crippen LogP contribution is -2.40. The topological polar surface area (TPSA) is 66.5 Å². The van der Waals surface area contributed by atoms with Crippen LogP contribution in [-0.2, 0) is 14.4 Å². The molecule has 0 unspecified atom stereocenters. The van der Waals surface area contributed by atoms with Crippen molar-refractivity contribution in [2.75, 3.05) is 11.9 Å². The number of allylic oxidation sites excluding steroid dienone is 2. The number of hydrogen-bond acceptors (Lipinski definition) is 3. The van der Waals surface area contributed by atoms with Gasteiger partial charge in [0.15, 0.2) is 0 Å². The zero-order valence-electron chi connectivity index (χ0n) is 15.0. The smallest absolute Gasteiger partial charge is 0.233 e. The molecular formula is C21H21BrN2O3. The zero-order chi connectivity index (χ0) is 18.9. The molecule has 1 N–H and O–H groups in total. The van der Waals surface area contributed by atoms with Gasteiger partial charge in [0.05, 0.1) is 11.8 Å². The van der Waals surface area contributed by atoms with Gasteiger partial charge in [-0.15, -0.1) is 0 Å². The van der Waals surface area contributed by atoms with E-state index in [9.17, 15) is 14.4 Å². The van der Waals surface area contributed by atoms with Crippen LogP contribution in [0.4, 0.5) is 5.69 Å². The van der Waals surface area contributed by atoms with Crippen molar-refractivity contribution in [3.05, 3.63) is 40.4 Å². The minimum atomic E-state index is -0.187. The molecule has 2 bridgehead atoms. The molecule has 1 aromatic carbocycles. The van der Waals surface area contributed by atoms with Gasteiger partial charge in [-0.05, 0) is 60.8 Å². The highest BCUT2D eigenvalue weighted by Crippen LogP contribution is 2.65. The molecule has 2 saturated carbocycles. The fourth-order valence-electron chi connectivity index (χ4n) is 5.43. The monoisotopic (exact) mass is 428 g/mol. The first-order chi connectivity index (χ1) is 13.0. The Morgan fingerprint density at radius 2 is 1.78 bits per heavy atom. The van der Waals surface area contributed by atoms with Crippen molar-refractivity contribution >= 4 is 39.3 Å². The molecule has 6 rings (SSSR count). The Hall–Kier alpha value is -1.95. The molecule has 4 aliphatic carbocycles. The maximum absolute atomic E-state index is 12.9. The van der Waals surface area contributed by atoms with Crippen molar-refractivity contribution in [1.29, 1.82) is 0 Å². The predicted octanol–water partition coefficient (Wildman–Crippen LogP) is 3.14. The maximum atomic E-state index is 12.9. The number of hydrogen-bond donors (Lipinski definition) is 1. The lowest BCUT2D eigenvalue weighted by molar-refractivity contribution is -0.140. The fraction of sp³-hybridized carbons (Fsp3) is 0.476. The highest BCUT2D eigenvalue weighted by Gasteiger charge is 2.66. The van der Waals surface area contributed by atoms with Crippen molar-refractivity contribution in [2.24, 2.45) is 35.5 Å². The molecule has 6 heteroatoms. The number of halogens is 1. The van der Waals surface area contributed by atoms with E-state index in [0.29, 0.717) is 11.8 Å². The van der Waals surface area contributed by atoms with E-state index in [2.05, 4.69) is 33.4 Å². The van der Waals surface area contributed by atoms with E-state index in [0.717, 1.165) is 22.1 Å². The number of anilines is 1. The van der Waals surface area contributed by atoms with Gasteiger partial charge in [-0.1, -0.05) is 28.1 Å². The number of carbonyl (C=O) groups excluding carboxylic acids is 3. The Kier molecular flexibility index (Phi) is 3.83. The molecule has 3 fully saturated rings. The second-order valence-corrected chi connectivity index (χ2v) is 9.16. The Labute approximate surface area is 166 Å². The van der Waals surface area contributed by atoms with Crippen molar-refractivity contribution in [3.63, 3.8) is 0 Å². The largest absolute Gasteiger partial charge is 0.326 e. The Morgan fingerprint density at radius 3 is 2.37 bits per heavy atom. The van der Waals surface area contributed by atoms with Gasteiger partial charge in [0.1, 0.15) is 0 Å². The van der Waals surface area contributed by atoms with Crippen LogP contribution in [0.1, 0.15) is 18.4 Å². The summed E-state index contributed by atoms with van der Waals surface area (Å²) in [4.78, 5) is 39.5. The average Bonchev–Trinajstić information content (AvgIpc) is 3.41. The molecule has 0 spiro atoms. The molecule has 1 aliphatic heterocycles. The lowest BCUT2D eigenvalue weighted by atomic mass is 9.63. The maximum Gasteiger partial charge on any atom is 0.233 e. The first-order valence-electron chi connectivity index (χ1n) is 9.55. The summed E-state index contributed by atoms with van der Waals surface area (Å²) in [5.41, 5.74) is 1.71. The quantitative estimate of drug-likeness (QED) is 0.591. The van der Waals surface area contributed by atoms with Gasteiger partial charge >= 0.3 is 0 Å². The van der Waals surface area contributed by atoms with Crippen LogP contribution < -0.4 is 5.32 Å². The standard InChI is InChI=1S/C21H21BrN2O3/c1-10-8-11(22)2-5-16(10)23-17(25)6-7-24-20(26)18-12-3-4-13(15-9-14(12)15)19(18)21(24)27/h2-5,8,12-15,18-19H,6-7,9H2,1H3,(H,23,25)/t12-,13-,14-,15-,18+,19+/m1/s1. The molecule has 1 aromatic rings. The molecule has 3 amide bonds. The Balaban J connectivity index is 1.25. The van der Waals surface area contributed by atoms with E-state index >= 15 is 0 Å². The molecule has 5 nitrogen and oxygen atoms in total. The third-order valence-corrected chi connectivity index (χ3v) is 7.27. The van der Waals surface area contributed by atoms with Gasteiger partial charge in [0.2, 0.25) is 17.7 Å². The number of imide groups is 1. The minimum absolute atomic E-state index is 0.0673. The molecule has 140 valence electrons. The number of nitrogens with one attached hydrogen (secondary N) is 1. The number of nitrogens with zero attached hydrogens (tertiary/aromatic N) is 1. The molecular weight excluding hydrogens is 408 g/mol. The van der Waals surface area contributed by atoms with Gasteiger partial charge in [-0.2, -0.15) is 0 Å². The molecule has 0 aromatic heterocycles. The number of amides is 3. The first-order valence-corrected chi connectivity index (χ1v) is 10.3. The third-order valence-electron chi connectivity index (χ3n) is 6.78. The molecule has 6 atom stereocenters. The average molecular weight is 429 g/mol. The Bertz CT molecular complexity index is 859. The summed E-state index contributed by atoms with van der Waals surface area (Å²) < 4.78 is 0.954. The van der Waals surface area contributed by atoms with Gasteiger partial charge in [0.25, 0.3) is 0 Å². The van der Waals surface area contributed by atoms with Crippen LogP contribution in [0.2, 0.25) is 0 Å². The lowest BCUT2D eigenvalue weighted by Gasteiger charge is -2.37. The van der Waals surface area contributed by atoms with Crippen molar-refractivity contribution in [2.45, 2.75) is 19.8 Å². The van der Waals surface area contributed by atoms with Crippen LogP contribution in [0, 0.1) is 42.4 Å². The normalized spacial score (nSPS) is 35.3. The van der Waals surface area contributed by atoms with Gasteiger partial charge in [0, 0.05) is 23.1 Å². The molecule has 1 saturated heterocycles. The van der Waals surface area contributed by atoms with Crippen LogP contribution in [-0.4, -0.2) is 29.2 Å². The van der Waals surface area contributed by atoms with Crippen molar-refractivity contribution in [1.82, 2.24) is 4.90 Å². The highest BCUT2D eigenvalue weighted by molar-refractivity contribution is 9.10. The van der Waals surface area contributed by atoms with E-state index in [1.807, 2.05) is 25.1 Å². The van der Waals surface area contributed by atoms with E-state index < -0.39 is 0 Å². The van der Waals surface area contributed by atoms with E-state index in [4.69, 9.17) is 0 Å². The minimum Gasteiger partial charge on any atom is -0.326 e. The number of benzene rings is 1. The van der Waals surface area contributed by atoms with Crippen LogP contribution in [0.3, 0.4) is 0 Å². The van der Waals surface area contributed by atoms with Gasteiger partial charge < -0.3 is 5.32 Å². The predicted molar refractivity (Wildman–Crippen MR) is 104 cm³/mol. The summed E-state index contributed by atoms with van der Waals surface area (Å²) in [5, 5.41) is 2.88. The van der Waals surface area contributed by atoms with Crippen LogP contribution in [0.5, 0.6) is 0 Å². The summed E-state index contributed by atoms with van der Waals surface area (Å²) in [7, 11) is 0. The number of carbonyl (C=O) groups is 3.